The summed E-state index contributed by atoms with van der Waals surface area (Å²) >= 11 is 0. The van der Waals surface area contributed by atoms with Crippen molar-refractivity contribution in [2.45, 2.75) is 59.8 Å². The lowest BCUT2D eigenvalue weighted by molar-refractivity contribution is 0.198. The normalized spacial score (nSPS) is 13.8. The molecule has 1 aliphatic carbocycles. The van der Waals surface area contributed by atoms with Crippen molar-refractivity contribution in [1.82, 2.24) is 0 Å². The van der Waals surface area contributed by atoms with Gasteiger partial charge < -0.3 is 4.74 Å². The van der Waals surface area contributed by atoms with E-state index in [2.05, 4.69) is 78.5 Å². The zero-order valence-electron chi connectivity index (χ0n) is 17.2. The zero-order valence-corrected chi connectivity index (χ0v) is 17.2. The van der Waals surface area contributed by atoms with Crippen LogP contribution in [0.25, 0.3) is 17.2 Å². The summed E-state index contributed by atoms with van der Waals surface area (Å²) in [5, 5.41) is 0. The predicted octanol–water partition coefficient (Wildman–Crippen LogP) is 6.82. The van der Waals surface area contributed by atoms with E-state index in [1.54, 1.807) is 0 Å². The van der Waals surface area contributed by atoms with E-state index in [1.165, 1.54) is 46.2 Å². The Morgan fingerprint density at radius 2 is 1.69 bits per heavy atom. The molecule has 0 aliphatic heterocycles. The first kappa shape index (κ1) is 18.8. The fourth-order valence-electron chi connectivity index (χ4n) is 3.34. The van der Waals surface area contributed by atoms with Gasteiger partial charge in [-0.2, -0.15) is 0 Å². The Morgan fingerprint density at radius 3 is 2.23 bits per heavy atom. The molecule has 2 aromatic carbocycles. The first-order valence-electron chi connectivity index (χ1n) is 9.64. The molecule has 138 valence electrons. The highest BCUT2D eigenvalue weighted by molar-refractivity contribution is 5.80. The van der Waals surface area contributed by atoms with E-state index in [1.807, 2.05) is 6.08 Å². The first-order chi connectivity index (χ1) is 12.1. The summed E-state index contributed by atoms with van der Waals surface area (Å²) in [5.41, 5.74) is 8.47. The van der Waals surface area contributed by atoms with Gasteiger partial charge in [-0.3, -0.25) is 0 Å². The summed E-state index contributed by atoms with van der Waals surface area (Å²) in [7, 11) is 0. The summed E-state index contributed by atoms with van der Waals surface area (Å²) in [6.07, 6.45) is 4.31. The van der Waals surface area contributed by atoms with Gasteiger partial charge >= 0.3 is 0 Å². The molecule has 0 bridgehead atoms. The minimum absolute atomic E-state index is 0.146. The van der Waals surface area contributed by atoms with Crippen LogP contribution in [0.3, 0.4) is 0 Å². The van der Waals surface area contributed by atoms with Crippen molar-refractivity contribution in [3.05, 3.63) is 59.2 Å². The molecule has 26 heavy (non-hydrogen) atoms. The highest BCUT2D eigenvalue weighted by Gasteiger charge is 2.24. The summed E-state index contributed by atoms with van der Waals surface area (Å²) in [6, 6.07) is 11.2. The van der Waals surface area contributed by atoms with Gasteiger partial charge in [-0.25, -0.2) is 0 Å². The molecule has 0 atom stereocenters. The van der Waals surface area contributed by atoms with Crippen molar-refractivity contribution in [3.8, 4) is 16.9 Å². The second kappa shape index (κ2) is 6.61. The van der Waals surface area contributed by atoms with E-state index < -0.39 is 0 Å². The molecule has 0 spiro atoms. The van der Waals surface area contributed by atoms with E-state index in [0.29, 0.717) is 6.61 Å². The number of rotatable bonds is 4. The van der Waals surface area contributed by atoms with Crippen molar-refractivity contribution in [1.29, 1.82) is 0 Å². The van der Waals surface area contributed by atoms with Crippen LogP contribution in [0.5, 0.6) is 5.75 Å². The van der Waals surface area contributed by atoms with E-state index in [0.717, 1.165) is 5.75 Å². The summed E-state index contributed by atoms with van der Waals surface area (Å²) in [6.45, 7) is 18.2. The van der Waals surface area contributed by atoms with Crippen LogP contribution in [-0.2, 0) is 18.3 Å². The Bertz CT molecular complexity index is 828. The molecule has 0 N–H and O–H groups in total. The molecule has 0 heterocycles. The van der Waals surface area contributed by atoms with Crippen molar-refractivity contribution < 1.29 is 4.74 Å². The minimum atomic E-state index is 0.146. The highest BCUT2D eigenvalue weighted by atomic mass is 16.5. The van der Waals surface area contributed by atoms with Crippen LogP contribution in [0.1, 0.15) is 63.8 Å². The molecule has 0 fully saturated rings. The van der Waals surface area contributed by atoms with Gasteiger partial charge in [0.2, 0.25) is 0 Å². The molecule has 0 amide bonds. The molecule has 3 rings (SSSR count). The second-order valence-corrected chi connectivity index (χ2v) is 9.71. The fourth-order valence-corrected chi connectivity index (χ4v) is 3.34. The molecule has 2 aromatic rings. The number of hydrogen-bond acceptors (Lipinski definition) is 1. The van der Waals surface area contributed by atoms with Crippen LogP contribution >= 0.6 is 0 Å². The van der Waals surface area contributed by atoms with Gasteiger partial charge in [0.25, 0.3) is 0 Å². The molecular weight excluding hydrogens is 316 g/mol. The quantitative estimate of drug-likeness (QED) is 0.589. The molecule has 0 saturated carbocycles. The van der Waals surface area contributed by atoms with E-state index in [-0.39, 0.29) is 10.8 Å². The average molecular weight is 349 g/mol. The number of fused-ring (bicyclic) bond motifs is 1. The molecule has 0 radical (unpaired) electrons. The summed E-state index contributed by atoms with van der Waals surface area (Å²) in [5.74, 6) is 0.940. The first-order valence-corrected chi connectivity index (χ1v) is 9.64. The van der Waals surface area contributed by atoms with Crippen molar-refractivity contribution in [3.63, 3.8) is 0 Å². The predicted molar refractivity (Wildman–Crippen MR) is 113 cm³/mol. The van der Waals surface area contributed by atoms with Crippen LogP contribution in [0.2, 0.25) is 0 Å². The van der Waals surface area contributed by atoms with Crippen LogP contribution in [0.4, 0.5) is 0 Å². The van der Waals surface area contributed by atoms with Gasteiger partial charge in [-0.1, -0.05) is 72.4 Å². The van der Waals surface area contributed by atoms with Gasteiger partial charge in [0.15, 0.2) is 0 Å². The number of ether oxygens (including phenoxy) is 1. The third kappa shape index (κ3) is 3.87. The average Bonchev–Trinajstić information content (AvgIpc) is 2.51. The third-order valence-electron chi connectivity index (χ3n) is 5.06. The molecule has 0 aromatic heterocycles. The van der Waals surface area contributed by atoms with Crippen LogP contribution in [0, 0.1) is 5.41 Å². The smallest absolute Gasteiger partial charge is 0.119 e. The molecular formula is C25H32O. The maximum absolute atomic E-state index is 6.08. The van der Waals surface area contributed by atoms with Gasteiger partial charge in [0.05, 0.1) is 6.61 Å². The Kier molecular flexibility index (Phi) is 4.77. The molecule has 0 unspecified atom stereocenters. The third-order valence-corrected chi connectivity index (χ3v) is 5.06. The summed E-state index contributed by atoms with van der Waals surface area (Å²) < 4.78 is 6.08. The van der Waals surface area contributed by atoms with Crippen LogP contribution in [-0.4, -0.2) is 6.61 Å². The van der Waals surface area contributed by atoms with Crippen LogP contribution in [0.15, 0.2) is 36.9 Å². The Hall–Kier alpha value is -2.02. The fraction of sp³-hybridized carbons (Fsp3) is 0.440. The lowest BCUT2D eigenvalue weighted by atomic mass is 9.75. The lowest BCUT2D eigenvalue weighted by Gasteiger charge is -2.29. The Balaban J connectivity index is 2.08. The van der Waals surface area contributed by atoms with Crippen molar-refractivity contribution in [2.24, 2.45) is 5.41 Å². The SMILES string of the molecule is C=Cc1ccc(OCC(C)(C)C)cc1-c1cc(C(C)(C)C)cc2c1CC2. The lowest BCUT2D eigenvalue weighted by Crippen LogP contribution is -2.18. The van der Waals surface area contributed by atoms with E-state index >= 15 is 0 Å². The van der Waals surface area contributed by atoms with Crippen LogP contribution < -0.4 is 4.74 Å². The van der Waals surface area contributed by atoms with Crippen molar-refractivity contribution >= 4 is 6.08 Å². The van der Waals surface area contributed by atoms with Gasteiger partial charge in [-0.05, 0) is 69.2 Å². The highest BCUT2D eigenvalue weighted by Crippen LogP contribution is 2.40. The van der Waals surface area contributed by atoms with E-state index in [4.69, 9.17) is 4.74 Å². The van der Waals surface area contributed by atoms with Gasteiger partial charge in [-0.15, -0.1) is 0 Å². The molecule has 1 nitrogen and oxygen atoms in total. The molecule has 1 heteroatoms. The maximum atomic E-state index is 6.08. The van der Waals surface area contributed by atoms with Gasteiger partial charge in [0.1, 0.15) is 5.75 Å². The Labute approximate surface area is 159 Å². The summed E-state index contributed by atoms with van der Waals surface area (Å²) in [4.78, 5) is 0. The molecule has 0 saturated heterocycles. The number of benzene rings is 2. The minimum Gasteiger partial charge on any atom is -0.493 e. The Morgan fingerprint density at radius 1 is 0.962 bits per heavy atom. The van der Waals surface area contributed by atoms with Crippen molar-refractivity contribution in [2.75, 3.05) is 6.61 Å². The topological polar surface area (TPSA) is 9.23 Å². The van der Waals surface area contributed by atoms with Gasteiger partial charge in [0, 0.05) is 0 Å². The molecule has 1 aliphatic rings. The standard InChI is InChI=1S/C25H32O/c1-8-17-9-11-20(26-16-24(2,3)4)15-22(17)23-14-19(25(5,6)7)13-18-10-12-21(18)23/h8-9,11,13-15H,1,10,12,16H2,2-7H3. The van der Waals surface area contributed by atoms with E-state index in [9.17, 15) is 0 Å². The number of hydrogen-bond donors (Lipinski definition) is 0. The second-order valence-electron chi connectivity index (χ2n) is 9.71. The monoisotopic (exact) mass is 348 g/mol. The maximum Gasteiger partial charge on any atom is 0.119 e. The zero-order chi connectivity index (χ0) is 19.1. The largest absolute Gasteiger partial charge is 0.493 e. The number of aryl methyl sites for hydroxylation is 1.